The second-order valence-corrected chi connectivity index (χ2v) is 6.09. The molecule has 1 saturated heterocycles. The second kappa shape index (κ2) is 5.76. The molecule has 118 valence electrons. The molecular weight excluding hydrogens is 293 g/mol. The number of aliphatic hydroxyl groups is 1. The largest absolute Gasteiger partial charge is 0.392 e. The van der Waals surface area contributed by atoms with Gasteiger partial charge in [-0.3, -0.25) is 4.90 Å². The standard InChI is InChI=1S/C18H18FN3O/c19-14-5-3-4-13(8-14)17-9-16(23)12-22(17)11-15-10-21-7-2-1-6-18(21)20-15/h1-8,10,16-17,23H,9,11-12H2. The summed E-state index contributed by atoms with van der Waals surface area (Å²) in [6.07, 6.45) is 4.20. The average Bonchev–Trinajstić information content (AvgIpc) is 3.10. The van der Waals surface area contributed by atoms with Crippen molar-refractivity contribution >= 4 is 5.65 Å². The fourth-order valence-corrected chi connectivity index (χ4v) is 3.39. The van der Waals surface area contributed by atoms with Gasteiger partial charge in [0.15, 0.2) is 0 Å². The zero-order chi connectivity index (χ0) is 15.8. The van der Waals surface area contributed by atoms with Crippen molar-refractivity contribution in [2.75, 3.05) is 6.54 Å². The summed E-state index contributed by atoms with van der Waals surface area (Å²) >= 11 is 0. The van der Waals surface area contributed by atoms with Gasteiger partial charge in [-0.2, -0.15) is 0 Å². The molecule has 1 aliphatic rings. The molecule has 2 unspecified atom stereocenters. The first-order valence-corrected chi connectivity index (χ1v) is 7.79. The number of fused-ring (bicyclic) bond motifs is 1. The quantitative estimate of drug-likeness (QED) is 0.808. The maximum absolute atomic E-state index is 13.5. The molecule has 0 spiro atoms. The highest BCUT2D eigenvalue weighted by Crippen LogP contribution is 2.33. The highest BCUT2D eigenvalue weighted by Gasteiger charge is 2.32. The van der Waals surface area contributed by atoms with Crippen molar-refractivity contribution < 1.29 is 9.50 Å². The van der Waals surface area contributed by atoms with E-state index in [1.54, 1.807) is 12.1 Å². The number of aromatic nitrogens is 2. The van der Waals surface area contributed by atoms with Crippen LogP contribution in [0.2, 0.25) is 0 Å². The number of benzene rings is 1. The third-order valence-corrected chi connectivity index (χ3v) is 4.39. The highest BCUT2D eigenvalue weighted by molar-refractivity contribution is 5.39. The van der Waals surface area contributed by atoms with Crippen LogP contribution in [0.25, 0.3) is 5.65 Å². The van der Waals surface area contributed by atoms with Crippen molar-refractivity contribution in [1.29, 1.82) is 0 Å². The van der Waals surface area contributed by atoms with E-state index < -0.39 is 0 Å². The van der Waals surface area contributed by atoms with Crippen LogP contribution < -0.4 is 0 Å². The Morgan fingerprint density at radius 2 is 2.13 bits per heavy atom. The Morgan fingerprint density at radius 3 is 2.96 bits per heavy atom. The summed E-state index contributed by atoms with van der Waals surface area (Å²) in [6, 6.07) is 12.5. The number of nitrogens with zero attached hydrogens (tertiary/aromatic N) is 3. The number of aliphatic hydroxyl groups excluding tert-OH is 1. The van der Waals surface area contributed by atoms with Gasteiger partial charge >= 0.3 is 0 Å². The molecule has 1 aromatic carbocycles. The third kappa shape index (κ3) is 2.85. The topological polar surface area (TPSA) is 40.8 Å². The summed E-state index contributed by atoms with van der Waals surface area (Å²) in [5.41, 5.74) is 2.77. The van der Waals surface area contributed by atoms with Crippen molar-refractivity contribution in [3.05, 3.63) is 71.9 Å². The zero-order valence-electron chi connectivity index (χ0n) is 12.6. The van der Waals surface area contributed by atoms with E-state index in [1.165, 1.54) is 6.07 Å². The number of halogens is 1. The minimum Gasteiger partial charge on any atom is -0.392 e. The van der Waals surface area contributed by atoms with E-state index in [1.807, 2.05) is 41.1 Å². The van der Waals surface area contributed by atoms with Gasteiger partial charge < -0.3 is 9.51 Å². The van der Waals surface area contributed by atoms with Crippen LogP contribution in [0.3, 0.4) is 0 Å². The average molecular weight is 311 g/mol. The predicted octanol–water partition coefficient (Wildman–Crippen LogP) is 2.78. The lowest BCUT2D eigenvalue weighted by atomic mass is 10.0. The molecule has 4 rings (SSSR count). The fourth-order valence-electron chi connectivity index (χ4n) is 3.39. The van der Waals surface area contributed by atoms with E-state index in [9.17, 15) is 9.50 Å². The van der Waals surface area contributed by atoms with Crippen molar-refractivity contribution in [2.45, 2.75) is 25.1 Å². The first-order chi connectivity index (χ1) is 11.2. The van der Waals surface area contributed by atoms with Gasteiger partial charge in [-0.1, -0.05) is 18.2 Å². The molecule has 0 amide bonds. The van der Waals surface area contributed by atoms with E-state index >= 15 is 0 Å². The van der Waals surface area contributed by atoms with Gasteiger partial charge in [-0.15, -0.1) is 0 Å². The number of β-amino-alcohol motifs (C(OH)–C–C–N with tert-alkyl or cyclic N) is 1. The van der Waals surface area contributed by atoms with Crippen LogP contribution in [0.5, 0.6) is 0 Å². The van der Waals surface area contributed by atoms with Gasteiger partial charge in [0.2, 0.25) is 0 Å². The molecule has 0 radical (unpaired) electrons. The minimum absolute atomic E-state index is 0.0190. The molecular formula is C18H18FN3O. The molecule has 0 aliphatic carbocycles. The van der Waals surface area contributed by atoms with E-state index in [0.717, 1.165) is 16.9 Å². The first-order valence-electron chi connectivity index (χ1n) is 7.79. The van der Waals surface area contributed by atoms with Crippen LogP contribution >= 0.6 is 0 Å². The Bertz CT molecular complexity index is 799. The van der Waals surface area contributed by atoms with Gasteiger partial charge in [-0.05, 0) is 36.2 Å². The Kier molecular flexibility index (Phi) is 3.59. The number of rotatable bonds is 3. The number of imidazole rings is 1. The first kappa shape index (κ1) is 14.4. The van der Waals surface area contributed by atoms with E-state index in [2.05, 4.69) is 9.88 Å². The lowest BCUT2D eigenvalue weighted by Gasteiger charge is -2.23. The SMILES string of the molecule is OC1CC(c2cccc(F)c2)N(Cc2cn3ccccc3n2)C1. The van der Waals surface area contributed by atoms with Crippen molar-refractivity contribution in [3.8, 4) is 0 Å². The Labute approximate surface area is 133 Å². The number of likely N-dealkylation sites (tertiary alicyclic amines) is 1. The van der Waals surface area contributed by atoms with Crippen LogP contribution in [-0.4, -0.2) is 32.0 Å². The smallest absolute Gasteiger partial charge is 0.137 e. The lowest BCUT2D eigenvalue weighted by Crippen LogP contribution is -2.24. The molecule has 1 N–H and O–H groups in total. The van der Waals surface area contributed by atoms with Gasteiger partial charge in [0.05, 0.1) is 11.8 Å². The molecule has 5 heteroatoms. The maximum Gasteiger partial charge on any atom is 0.137 e. The molecule has 3 heterocycles. The summed E-state index contributed by atoms with van der Waals surface area (Å²) in [4.78, 5) is 6.78. The summed E-state index contributed by atoms with van der Waals surface area (Å²) < 4.78 is 15.5. The molecule has 3 aromatic rings. The van der Waals surface area contributed by atoms with Crippen LogP contribution in [-0.2, 0) is 6.54 Å². The molecule has 2 aromatic heterocycles. The molecule has 23 heavy (non-hydrogen) atoms. The predicted molar refractivity (Wildman–Crippen MR) is 85.4 cm³/mol. The third-order valence-electron chi connectivity index (χ3n) is 4.39. The van der Waals surface area contributed by atoms with Crippen LogP contribution in [0.15, 0.2) is 54.9 Å². The normalized spacial score (nSPS) is 22.0. The van der Waals surface area contributed by atoms with Gasteiger partial charge in [0, 0.05) is 31.5 Å². The summed E-state index contributed by atoms with van der Waals surface area (Å²) in [5.74, 6) is -0.239. The van der Waals surface area contributed by atoms with Crippen molar-refractivity contribution in [2.24, 2.45) is 0 Å². The van der Waals surface area contributed by atoms with Gasteiger partial charge in [0.1, 0.15) is 11.5 Å². The second-order valence-electron chi connectivity index (χ2n) is 6.09. The molecule has 0 bridgehead atoms. The van der Waals surface area contributed by atoms with Crippen LogP contribution in [0, 0.1) is 5.82 Å². The highest BCUT2D eigenvalue weighted by atomic mass is 19.1. The van der Waals surface area contributed by atoms with Crippen LogP contribution in [0.4, 0.5) is 4.39 Å². The van der Waals surface area contributed by atoms with Crippen LogP contribution in [0.1, 0.15) is 23.7 Å². The fraction of sp³-hybridized carbons (Fsp3) is 0.278. The summed E-state index contributed by atoms with van der Waals surface area (Å²) in [5, 5.41) is 10.1. The summed E-state index contributed by atoms with van der Waals surface area (Å²) in [6.45, 7) is 1.22. The van der Waals surface area contributed by atoms with Crippen molar-refractivity contribution in [1.82, 2.24) is 14.3 Å². The monoisotopic (exact) mass is 311 g/mol. The summed E-state index contributed by atoms with van der Waals surface area (Å²) in [7, 11) is 0. The number of hydrogen-bond acceptors (Lipinski definition) is 3. The Hall–Kier alpha value is -2.24. The Balaban J connectivity index is 1.61. The lowest BCUT2D eigenvalue weighted by molar-refractivity contribution is 0.172. The maximum atomic E-state index is 13.5. The number of hydrogen-bond donors (Lipinski definition) is 1. The molecule has 1 fully saturated rings. The van der Waals surface area contributed by atoms with Crippen molar-refractivity contribution in [3.63, 3.8) is 0 Å². The molecule has 4 nitrogen and oxygen atoms in total. The molecule has 1 aliphatic heterocycles. The van der Waals surface area contributed by atoms with E-state index in [-0.39, 0.29) is 18.0 Å². The van der Waals surface area contributed by atoms with Gasteiger partial charge in [0.25, 0.3) is 0 Å². The van der Waals surface area contributed by atoms with E-state index in [0.29, 0.717) is 19.5 Å². The molecule has 2 atom stereocenters. The van der Waals surface area contributed by atoms with E-state index in [4.69, 9.17) is 0 Å². The zero-order valence-corrected chi connectivity index (χ0v) is 12.6. The minimum atomic E-state index is -0.389. The Morgan fingerprint density at radius 1 is 1.22 bits per heavy atom. The number of pyridine rings is 1. The molecule has 0 saturated carbocycles. The van der Waals surface area contributed by atoms with Gasteiger partial charge in [-0.25, -0.2) is 9.37 Å².